The van der Waals surface area contributed by atoms with Crippen LogP contribution < -0.4 is 4.74 Å². The topological polar surface area (TPSA) is 79.4 Å². The van der Waals surface area contributed by atoms with E-state index < -0.39 is 11.3 Å². The van der Waals surface area contributed by atoms with Gasteiger partial charge in [0.25, 0.3) is 0 Å². The summed E-state index contributed by atoms with van der Waals surface area (Å²) in [5.74, 6) is 0.637. The highest BCUT2D eigenvalue weighted by Crippen LogP contribution is 2.22. The van der Waals surface area contributed by atoms with Gasteiger partial charge in [-0.15, -0.1) is 0 Å². The van der Waals surface area contributed by atoms with Crippen molar-refractivity contribution in [3.63, 3.8) is 0 Å². The van der Waals surface area contributed by atoms with E-state index in [-0.39, 0.29) is 25.4 Å². The lowest BCUT2D eigenvalue weighted by atomic mass is 9.96. The molecular weight excluding hydrogens is 523 g/mol. The molecule has 1 atom stereocenters. The molecule has 1 aliphatic carbocycles. The average Bonchev–Trinajstić information content (AvgIpc) is 2.70. The van der Waals surface area contributed by atoms with E-state index >= 15 is 0 Å². The Morgan fingerprint density at radius 3 is 2.37 bits per heavy atom. The van der Waals surface area contributed by atoms with E-state index in [1.54, 1.807) is 24.3 Å². The van der Waals surface area contributed by atoms with Crippen LogP contribution in [0.5, 0.6) is 5.88 Å². The van der Waals surface area contributed by atoms with E-state index in [0.29, 0.717) is 38.3 Å². The maximum Gasteiger partial charge on any atom is 0.410 e. The molecule has 1 saturated carbocycles. The lowest BCUT2D eigenvalue weighted by Crippen LogP contribution is -2.56. The first-order valence-corrected chi connectivity index (χ1v) is 12.9. The molecule has 0 radical (unpaired) electrons. The third kappa shape index (κ3) is 12.3. The van der Waals surface area contributed by atoms with Gasteiger partial charge < -0.3 is 28.6 Å². The van der Waals surface area contributed by atoms with Crippen molar-refractivity contribution < 1.29 is 32.9 Å². The van der Waals surface area contributed by atoms with E-state index in [2.05, 4.69) is 20.9 Å². The lowest BCUT2D eigenvalue weighted by Gasteiger charge is -2.40. The number of pyridine rings is 1. The number of halogens is 2. The molecule has 1 aromatic rings. The second kappa shape index (κ2) is 14.3. The van der Waals surface area contributed by atoms with Crippen molar-refractivity contribution in [2.24, 2.45) is 0 Å². The molecule has 2 heterocycles. The van der Waals surface area contributed by atoms with Crippen LogP contribution in [0.2, 0.25) is 0 Å². The third-order valence-corrected chi connectivity index (χ3v) is 5.74. The zero-order chi connectivity index (χ0) is 25.9. The number of likely N-dealkylation sites (tertiary alicyclic amines) is 1. The maximum atomic E-state index is 14.4. The van der Waals surface area contributed by atoms with Gasteiger partial charge in [-0.25, -0.2) is 14.2 Å². The zero-order valence-corrected chi connectivity index (χ0v) is 23.1. The molecule has 1 aromatic heterocycles. The van der Waals surface area contributed by atoms with Gasteiger partial charge in [0.05, 0.1) is 45.6 Å². The van der Waals surface area contributed by atoms with E-state index in [1.165, 1.54) is 13.3 Å². The largest absolute Gasteiger partial charge is 0.481 e. The molecule has 0 aromatic carbocycles. The Bertz CT molecular complexity index is 749. The number of hydrogen-bond acceptors (Lipinski definition) is 7. The van der Waals surface area contributed by atoms with Crippen LogP contribution in [0.25, 0.3) is 0 Å². The highest BCUT2D eigenvalue weighted by atomic mass is 79.9. The number of carbonyl (C=O) groups excluding carboxylic acids is 1. The predicted octanol–water partition coefficient (Wildman–Crippen LogP) is 5.18. The molecule has 1 unspecified atom stereocenters. The fourth-order valence-electron chi connectivity index (χ4n) is 3.07. The maximum absolute atomic E-state index is 14.4. The molecule has 10 heteroatoms. The number of aromatic nitrogens is 1. The van der Waals surface area contributed by atoms with Gasteiger partial charge in [0.1, 0.15) is 5.60 Å². The third-order valence-electron chi connectivity index (χ3n) is 5.27. The van der Waals surface area contributed by atoms with Gasteiger partial charge in [0.15, 0.2) is 5.67 Å². The summed E-state index contributed by atoms with van der Waals surface area (Å²) in [5, 5.41) is 0. The van der Waals surface area contributed by atoms with Crippen molar-refractivity contribution in [3.8, 4) is 5.88 Å². The molecule has 2 aliphatic rings. The molecule has 1 saturated heterocycles. The van der Waals surface area contributed by atoms with E-state index in [4.69, 9.17) is 23.7 Å². The highest BCUT2D eigenvalue weighted by Gasteiger charge is 2.36. The Labute approximate surface area is 216 Å². The number of carbonyl (C=O) groups is 1. The number of ether oxygens (including phenoxy) is 5. The molecule has 0 N–H and O–H groups in total. The first kappa shape index (κ1) is 29.7. The number of rotatable bonds is 11. The quantitative estimate of drug-likeness (QED) is 0.344. The van der Waals surface area contributed by atoms with Crippen LogP contribution in [-0.2, 0) is 18.9 Å². The van der Waals surface area contributed by atoms with Crippen molar-refractivity contribution in [2.75, 3.05) is 46.6 Å². The minimum atomic E-state index is -1.54. The van der Waals surface area contributed by atoms with Gasteiger partial charge in [-0.2, -0.15) is 0 Å². The van der Waals surface area contributed by atoms with Gasteiger partial charge in [-0.05, 0) is 75.4 Å². The number of methoxy groups -OCH3 is 1. The van der Waals surface area contributed by atoms with Crippen LogP contribution in [0.3, 0.4) is 0 Å². The monoisotopic (exact) mass is 562 g/mol. The molecule has 8 nitrogen and oxygen atoms in total. The SMILES string of the molecule is CC(F)(COCCCOC1CCC1)COC1CN(C(=O)OC(C)(C)C)C1.COc1ccc(Br)cn1. The second-order valence-electron chi connectivity index (χ2n) is 10.1. The Morgan fingerprint density at radius 2 is 1.83 bits per heavy atom. The number of hydrogen-bond donors (Lipinski definition) is 0. The van der Waals surface area contributed by atoms with Gasteiger partial charge >= 0.3 is 6.09 Å². The highest BCUT2D eigenvalue weighted by molar-refractivity contribution is 9.10. The minimum Gasteiger partial charge on any atom is -0.481 e. The molecule has 35 heavy (non-hydrogen) atoms. The summed E-state index contributed by atoms with van der Waals surface area (Å²) >= 11 is 3.26. The Balaban J connectivity index is 0.000000402. The lowest BCUT2D eigenvalue weighted by molar-refractivity contribution is -0.104. The Hall–Kier alpha value is -1.49. The van der Waals surface area contributed by atoms with Crippen LogP contribution in [0.4, 0.5) is 9.18 Å². The van der Waals surface area contributed by atoms with Crippen LogP contribution in [-0.4, -0.2) is 86.1 Å². The van der Waals surface area contributed by atoms with Gasteiger partial charge in [-0.1, -0.05) is 0 Å². The van der Waals surface area contributed by atoms with Gasteiger partial charge in [0.2, 0.25) is 5.88 Å². The molecule has 1 aliphatic heterocycles. The number of alkyl halides is 1. The molecule has 200 valence electrons. The standard InChI is InChI=1S/C19H34FNO5.C6H6BrNO/c1-18(2,3)26-17(22)21-11-16(12-21)25-14-19(4,20)13-23-9-6-10-24-15-7-5-8-15;1-9-6-3-2-5(7)4-8-6/h15-16H,5-14H2,1-4H3;2-4H,1H3. The molecular formula is C25H40BrFN2O6. The fourth-order valence-corrected chi connectivity index (χ4v) is 3.30. The molecule has 2 fully saturated rings. The summed E-state index contributed by atoms with van der Waals surface area (Å²) in [7, 11) is 1.59. The van der Waals surface area contributed by atoms with Crippen LogP contribution >= 0.6 is 15.9 Å². The smallest absolute Gasteiger partial charge is 0.410 e. The second-order valence-corrected chi connectivity index (χ2v) is 11.0. The fraction of sp³-hybridized carbons (Fsp3) is 0.760. The Morgan fingerprint density at radius 1 is 1.11 bits per heavy atom. The summed E-state index contributed by atoms with van der Waals surface area (Å²) < 4.78 is 42.1. The summed E-state index contributed by atoms with van der Waals surface area (Å²) in [6, 6.07) is 3.68. The van der Waals surface area contributed by atoms with Crippen molar-refractivity contribution in [1.82, 2.24) is 9.88 Å². The predicted molar refractivity (Wildman–Crippen MR) is 135 cm³/mol. The summed E-state index contributed by atoms with van der Waals surface area (Å²) in [6.07, 6.45) is 5.98. The number of nitrogens with zero attached hydrogens (tertiary/aromatic N) is 2. The van der Waals surface area contributed by atoms with Gasteiger partial charge in [0, 0.05) is 29.9 Å². The number of amides is 1. The van der Waals surface area contributed by atoms with Crippen LogP contribution in [0, 0.1) is 0 Å². The molecule has 3 rings (SSSR count). The van der Waals surface area contributed by atoms with Crippen molar-refractivity contribution in [1.29, 1.82) is 0 Å². The minimum absolute atomic E-state index is 0.00106. The van der Waals surface area contributed by atoms with Crippen molar-refractivity contribution >= 4 is 22.0 Å². The molecule has 0 bridgehead atoms. The first-order valence-electron chi connectivity index (χ1n) is 12.1. The first-order chi connectivity index (χ1) is 16.5. The Kier molecular flexibility index (Phi) is 12.2. The van der Waals surface area contributed by atoms with Crippen molar-refractivity contribution in [3.05, 3.63) is 22.8 Å². The van der Waals surface area contributed by atoms with E-state index in [1.807, 2.05) is 26.8 Å². The summed E-state index contributed by atoms with van der Waals surface area (Å²) in [4.78, 5) is 17.3. The zero-order valence-electron chi connectivity index (χ0n) is 21.6. The van der Waals surface area contributed by atoms with Crippen LogP contribution in [0.1, 0.15) is 53.4 Å². The van der Waals surface area contributed by atoms with Gasteiger partial charge in [-0.3, -0.25) is 0 Å². The summed E-state index contributed by atoms with van der Waals surface area (Å²) in [5.41, 5.74) is -2.05. The molecule has 1 amide bonds. The average molecular weight is 564 g/mol. The van der Waals surface area contributed by atoms with Crippen molar-refractivity contribution in [2.45, 2.75) is 76.9 Å². The summed E-state index contributed by atoms with van der Waals surface area (Å²) in [6.45, 7) is 8.94. The van der Waals surface area contributed by atoms with E-state index in [9.17, 15) is 9.18 Å². The molecule has 0 spiro atoms. The normalized spacial score (nSPS) is 18.0. The van der Waals surface area contributed by atoms with Crippen LogP contribution in [0.15, 0.2) is 22.8 Å². The van der Waals surface area contributed by atoms with E-state index in [0.717, 1.165) is 23.7 Å².